The minimum atomic E-state index is 0.723. The van der Waals surface area contributed by atoms with Crippen LogP contribution in [0.15, 0.2) is 0 Å². The van der Waals surface area contributed by atoms with Crippen LogP contribution in [-0.2, 0) is 0 Å². The highest BCUT2D eigenvalue weighted by molar-refractivity contribution is 4.86. The van der Waals surface area contributed by atoms with Gasteiger partial charge in [-0.2, -0.15) is 0 Å². The molecule has 1 saturated heterocycles. The number of hydrogen-bond acceptors (Lipinski definition) is 2. The first-order valence-electron chi connectivity index (χ1n) is 7.92. The van der Waals surface area contributed by atoms with Crippen LogP contribution in [-0.4, -0.2) is 48.1 Å². The SMILES string of the molecule is CCC1CN(CC(C)C)CC(C)N1CCC(C)C. The van der Waals surface area contributed by atoms with E-state index in [-0.39, 0.29) is 0 Å². The number of nitrogens with zero attached hydrogens (tertiary/aromatic N) is 2. The molecule has 1 heterocycles. The lowest BCUT2D eigenvalue weighted by atomic mass is 10.0. The zero-order chi connectivity index (χ0) is 13.7. The molecule has 0 spiro atoms. The molecule has 1 rings (SSSR count). The Morgan fingerprint density at radius 1 is 1.06 bits per heavy atom. The highest BCUT2D eigenvalue weighted by Crippen LogP contribution is 2.20. The van der Waals surface area contributed by atoms with Crippen LogP contribution >= 0.6 is 0 Å². The maximum Gasteiger partial charge on any atom is 0.0223 e. The summed E-state index contributed by atoms with van der Waals surface area (Å²) in [6.07, 6.45) is 2.63. The summed E-state index contributed by atoms with van der Waals surface area (Å²) < 4.78 is 0. The third kappa shape index (κ3) is 4.89. The van der Waals surface area contributed by atoms with E-state index in [0.29, 0.717) is 0 Å². The van der Waals surface area contributed by atoms with Gasteiger partial charge in [-0.3, -0.25) is 9.80 Å². The second kappa shape index (κ2) is 7.49. The zero-order valence-corrected chi connectivity index (χ0v) is 13.4. The molecule has 108 valence electrons. The van der Waals surface area contributed by atoms with Gasteiger partial charge < -0.3 is 0 Å². The molecular weight excluding hydrogens is 220 g/mol. The van der Waals surface area contributed by atoms with Gasteiger partial charge in [0.05, 0.1) is 0 Å². The third-order valence-corrected chi connectivity index (χ3v) is 4.09. The van der Waals surface area contributed by atoms with Crippen LogP contribution < -0.4 is 0 Å². The first-order chi connectivity index (χ1) is 8.43. The van der Waals surface area contributed by atoms with E-state index in [4.69, 9.17) is 0 Å². The molecule has 0 aliphatic carbocycles. The molecular formula is C16H34N2. The van der Waals surface area contributed by atoms with Gasteiger partial charge in [0.15, 0.2) is 0 Å². The molecule has 0 bridgehead atoms. The highest BCUT2D eigenvalue weighted by atomic mass is 15.3. The van der Waals surface area contributed by atoms with E-state index in [1.807, 2.05) is 0 Å². The third-order valence-electron chi connectivity index (χ3n) is 4.09. The van der Waals surface area contributed by atoms with E-state index >= 15 is 0 Å². The Kier molecular flexibility index (Phi) is 6.65. The fourth-order valence-electron chi connectivity index (χ4n) is 3.16. The molecule has 1 aliphatic rings. The lowest BCUT2D eigenvalue weighted by Crippen LogP contribution is -2.58. The van der Waals surface area contributed by atoms with E-state index in [1.165, 1.54) is 39.0 Å². The van der Waals surface area contributed by atoms with E-state index in [0.717, 1.165) is 23.9 Å². The predicted molar refractivity (Wildman–Crippen MR) is 81.0 cm³/mol. The standard InChI is InChI=1S/C16H34N2/c1-7-16-12-17(10-14(4)5)11-15(6)18(16)9-8-13(2)3/h13-16H,7-12H2,1-6H3. The second-order valence-corrected chi connectivity index (χ2v) is 6.94. The van der Waals surface area contributed by atoms with Crippen molar-refractivity contribution in [1.82, 2.24) is 9.80 Å². The van der Waals surface area contributed by atoms with Gasteiger partial charge in [-0.1, -0.05) is 34.6 Å². The Bertz CT molecular complexity index is 225. The molecule has 1 fully saturated rings. The first kappa shape index (κ1) is 16.0. The van der Waals surface area contributed by atoms with Gasteiger partial charge >= 0.3 is 0 Å². The summed E-state index contributed by atoms with van der Waals surface area (Å²) in [5, 5.41) is 0. The van der Waals surface area contributed by atoms with Gasteiger partial charge in [0.25, 0.3) is 0 Å². The lowest BCUT2D eigenvalue weighted by Gasteiger charge is -2.46. The largest absolute Gasteiger partial charge is 0.300 e. The van der Waals surface area contributed by atoms with Crippen molar-refractivity contribution in [2.75, 3.05) is 26.2 Å². The van der Waals surface area contributed by atoms with Crippen molar-refractivity contribution >= 4 is 0 Å². The van der Waals surface area contributed by atoms with E-state index < -0.39 is 0 Å². The van der Waals surface area contributed by atoms with Crippen LogP contribution in [0.4, 0.5) is 0 Å². The topological polar surface area (TPSA) is 6.48 Å². The van der Waals surface area contributed by atoms with Crippen molar-refractivity contribution in [3.8, 4) is 0 Å². The summed E-state index contributed by atoms with van der Waals surface area (Å²) in [4.78, 5) is 5.44. The normalized spacial score (nSPS) is 27.3. The molecule has 0 saturated carbocycles. The molecule has 0 aromatic heterocycles. The maximum atomic E-state index is 2.76. The summed E-state index contributed by atoms with van der Waals surface area (Å²) in [6.45, 7) is 19.2. The average Bonchev–Trinajstić information content (AvgIpc) is 2.25. The molecule has 0 amide bonds. The minimum Gasteiger partial charge on any atom is -0.300 e. The van der Waals surface area contributed by atoms with Crippen LogP contribution in [0.2, 0.25) is 0 Å². The Labute approximate surface area is 115 Å². The van der Waals surface area contributed by atoms with Crippen molar-refractivity contribution in [2.45, 2.75) is 66.5 Å². The fourth-order valence-corrected chi connectivity index (χ4v) is 3.16. The summed E-state index contributed by atoms with van der Waals surface area (Å²) in [6, 6.07) is 1.49. The fraction of sp³-hybridized carbons (Fsp3) is 1.00. The second-order valence-electron chi connectivity index (χ2n) is 6.94. The van der Waals surface area contributed by atoms with E-state index in [9.17, 15) is 0 Å². The van der Waals surface area contributed by atoms with Crippen molar-refractivity contribution in [3.63, 3.8) is 0 Å². The Balaban J connectivity index is 2.54. The van der Waals surface area contributed by atoms with Gasteiger partial charge in [0.1, 0.15) is 0 Å². The van der Waals surface area contributed by atoms with Crippen LogP contribution in [0.1, 0.15) is 54.4 Å². The van der Waals surface area contributed by atoms with E-state index in [2.05, 4.69) is 51.3 Å². The molecule has 0 N–H and O–H groups in total. The molecule has 0 aromatic rings. The summed E-state index contributed by atoms with van der Waals surface area (Å²) in [7, 11) is 0. The smallest absolute Gasteiger partial charge is 0.0223 e. The van der Waals surface area contributed by atoms with Gasteiger partial charge in [0, 0.05) is 31.7 Å². The van der Waals surface area contributed by atoms with Gasteiger partial charge in [0.2, 0.25) is 0 Å². The number of hydrogen-bond donors (Lipinski definition) is 0. The summed E-state index contributed by atoms with van der Waals surface area (Å²) >= 11 is 0. The monoisotopic (exact) mass is 254 g/mol. The molecule has 2 atom stereocenters. The first-order valence-corrected chi connectivity index (χ1v) is 7.92. The molecule has 2 nitrogen and oxygen atoms in total. The maximum absolute atomic E-state index is 2.76. The Hall–Kier alpha value is -0.0800. The lowest BCUT2D eigenvalue weighted by molar-refractivity contribution is 0.0212. The van der Waals surface area contributed by atoms with E-state index in [1.54, 1.807) is 0 Å². The van der Waals surface area contributed by atoms with Crippen LogP contribution in [0, 0.1) is 11.8 Å². The molecule has 18 heavy (non-hydrogen) atoms. The van der Waals surface area contributed by atoms with Crippen LogP contribution in [0.5, 0.6) is 0 Å². The van der Waals surface area contributed by atoms with Crippen LogP contribution in [0.3, 0.4) is 0 Å². The Morgan fingerprint density at radius 2 is 1.72 bits per heavy atom. The Morgan fingerprint density at radius 3 is 2.22 bits per heavy atom. The van der Waals surface area contributed by atoms with Crippen molar-refractivity contribution in [1.29, 1.82) is 0 Å². The molecule has 1 aliphatic heterocycles. The van der Waals surface area contributed by atoms with Crippen molar-refractivity contribution in [2.24, 2.45) is 11.8 Å². The quantitative estimate of drug-likeness (QED) is 0.716. The molecule has 2 unspecified atom stereocenters. The van der Waals surface area contributed by atoms with Gasteiger partial charge in [-0.05, 0) is 38.1 Å². The zero-order valence-electron chi connectivity index (χ0n) is 13.4. The highest BCUT2D eigenvalue weighted by Gasteiger charge is 2.30. The molecule has 0 radical (unpaired) electrons. The summed E-state index contributed by atoms with van der Waals surface area (Å²) in [5.74, 6) is 1.61. The van der Waals surface area contributed by atoms with Gasteiger partial charge in [-0.25, -0.2) is 0 Å². The van der Waals surface area contributed by atoms with Crippen molar-refractivity contribution in [3.05, 3.63) is 0 Å². The number of piperazine rings is 1. The number of rotatable bonds is 6. The van der Waals surface area contributed by atoms with Crippen molar-refractivity contribution < 1.29 is 0 Å². The van der Waals surface area contributed by atoms with Crippen LogP contribution in [0.25, 0.3) is 0 Å². The predicted octanol–water partition coefficient (Wildman–Crippen LogP) is 3.47. The van der Waals surface area contributed by atoms with Gasteiger partial charge in [-0.15, -0.1) is 0 Å². The average molecular weight is 254 g/mol. The summed E-state index contributed by atoms with van der Waals surface area (Å²) in [5.41, 5.74) is 0. The molecule has 2 heteroatoms. The molecule has 0 aromatic carbocycles. The minimum absolute atomic E-state index is 0.723.